The van der Waals surface area contributed by atoms with Gasteiger partial charge in [-0.25, -0.2) is 0 Å². The van der Waals surface area contributed by atoms with Gasteiger partial charge in [-0.2, -0.15) is 0 Å². The molecular formula is C20H23Cl2N3O. The lowest BCUT2D eigenvalue weighted by Crippen LogP contribution is -2.37. The standard InChI is InChI=1S/C20H22ClN3O.ClH/c21-14-5-6-18-17(12-14)16-7-10-24(9-2-8-22)20(19(16)23-18)13-3-1-4-15(25)11-13;/h1,3-6,11-12,20,23,25H,2,7-10,22H2;1H. The Kier molecular flexibility index (Phi) is 5.78. The molecule has 1 atom stereocenters. The van der Waals surface area contributed by atoms with Crippen LogP contribution in [0.25, 0.3) is 10.9 Å². The van der Waals surface area contributed by atoms with Gasteiger partial charge in [0.2, 0.25) is 0 Å². The molecule has 3 aromatic rings. The number of nitrogens with one attached hydrogen (secondary N) is 1. The number of aromatic nitrogens is 1. The van der Waals surface area contributed by atoms with E-state index in [0.29, 0.717) is 12.3 Å². The van der Waals surface area contributed by atoms with Gasteiger partial charge >= 0.3 is 0 Å². The maximum atomic E-state index is 9.96. The lowest BCUT2D eigenvalue weighted by atomic mass is 9.92. The molecule has 1 aliphatic heterocycles. The van der Waals surface area contributed by atoms with Crippen molar-refractivity contribution in [2.24, 2.45) is 5.73 Å². The van der Waals surface area contributed by atoms with Crippen molar-refractivity contribution >= 4 is 34.9 Å². The summed E-state index contributed by atoms with van der Waals surface area (Å²) in [5.74, 6) is 0.294. The first-order valence-electron chi connectivity index (χ1n) is 8.70. The molecule has 6 heteroatoms. The fourth-order valence-corrected chi connectivity index (χ4v) is 4.09. The van der Waals surface area contributed by atoms with E-state index in [4.69, 9.17) is 17.3 Å². The van der Waals surface area contributed by atoms with Gasteiger partial charge in [-0.3, -0.25) is 4.90 Å². The van der Waals surface area contributed by atoms with Gasteiger partial charge in [0.1, 0.15) is 5.75 Å². The molecule has 1 aliphatic rings. The Hall–Kier alpha value is -1.72. The Morgan fingerprint density at radius 2 is 2.08 bits per heavy atom. The molecule has 26 heavy (non-hydrogen) atoms. The Bertz CT molecular complexity index is 909. The number of hydrogen-bond acceptors (Lipinski definition) is 3. The molecule has 4 nitrogen and oxygen atoms in total. The minimum absolute atomic E-state index is 0. The first-order valence-corrected chi connectivity index (χ1v) is 9.08. The maximum absolute atomic E-state index is 9.96. The second-order valence-corrected chi connectivity index (χ2v) is 7.07. The fourth-order valence-electron chi connectivity index (χ4n) is 3.92. The lowest BCUT2D eigenvalue weighted by molar-refractivity contribution is 0.209. The van der Waals surface area contributed by atoms with E-state index in [0.717, 1.165) is 42.0 Å². The smallest absolute Gasteiger partial charge is 0.115 e. The number of aromatic amines is 1. The van der Waals surface area contributed by atoms with E-state index in [-0.39, 0.29) is 18.4 Å². The number of aromatic hydroxyl groups is 1. The number of halogens is 2. The van der Waals surface area contributed by atoms with Crippen LogP contribution < -0.4 is 5.73 Å². The van der Waals surface area contributed by atoms with Crippen molar-refractivity contribution in [3.8, 4) is 5.75 Å². The number of hydrogen-bond donors (Lipinski definition) is 3. The maximum Gasteiger partial charge on any atom is 0.115 e. The summed E-state index contributed by atoms with van der Waals surface area (Å²) in [5, 5.41) is 11.9. The Morgan fingerprint density at radius 1 is 1.23 bits per heavy atom. The molecule has 0 saturated carbocycles. The van der Waals surface area contributed by atoms with Crippen molar-refractivity contribution in [3.05, 3.63) is 64.3 Å². The number of benzene rings is 2. The number of nitrogens with zero attached hydrogens (tertiary/aromatic N) is 1. The van der Waals surface area contributed by atoms with Gasteiger partial charge in [0.15, 0.2) is 0 Å². The van der Waals surface area contributed by atoms with Crippen molar-refractivity contribution in [1.29, 1.82) is 0 Å². The molecule has 0 spiro atoms. The predicted octanol–water partition coefficient (Wildman–Crippen LogP) is 4.25. The summed E-state index contributed by atoms with van der Waals surface area (Å²) in [5.41, 5.74) is 10.5. The summed E-state index contributed by atoms with van der Waals surface area (Å²) >= 11 is 6.22. The molecule has 0 radical (unpaired) electrons. The normalized spacial score (nSPS) is 17.1. The third kappa shape index (κ3) is 3.42. The lowest BCUT2D eigenvalue weighted by Gasteiger charge is -2.36. The summed E-state index contributed by atoms with van der Waals surface area (Å²) in [6.45, 7) is 2.58. The van der Waals surface area contributed by atoms with Crippen LogP contribution in [0.15, 0.2) is 42.5 Å². The quantitative estimate of drug-likeness (QED) is 0.622. The molecule has 0 saturated heterocycles. The van der Waals surface area contributed by atoms with Crippen LogP contribution in [0.4, 0.5) is 0 Å². The molecular weight excluding hydrogens is 369 g/mol. The van der Waals surface area contributed by atoms with Crippen LogP contribution in [0.1, 0.15) is 29.3 Å². The number of nitrogens with two attached hydrogens (primary N) is 1. The zero-order valence-corrected chi connectivity index (χ0v) is 16.0. The zero-order chi connectivity index (χ0) is 17.4. The molecule has 0 bridgehead atoms. The van der Waals surface area contributed by atoms with Crippen LogP contribution in [0, 0.1) is 0 Å². The average Bonchev–Trinajstić information content (AvgIpc) is 2.97. The number of fused-ring (bicyclic) bond motifs is 3. The third-order valence-electron chi connectivity index (χ3n) is 5.02. The predicted molar refractivity (Wildman–Crippen MR) is 109 cm³/mol. The van der Waals surface area contributed by atoms with Crippen molar-refractivity contribution in [2.45, 2.75) is 18.9 Å². The monoisotopic (exact) mass is 391 g/mol. The van der Waals surface area contributed by atoms with Crippen molar-refractivity contribution in [2.75, 3.05) is 19.6 Å². The highest BCUT2D eigenvalue weighted by Gasteiger charge is 2.31. The summed E-state index contributed by atoms with van der Waals surface area (Å²) < 4.78 is 0. The van der Waals surface area contributed by atoms with Crippen molar-refractivity contribution in [1.82, 2.24) is 9.88 Å². The topological polar surface area (TPSA) is 65.3 Å². The van der Waals surface area contributed by atoms with E-state index in [1.54, 1.807) is 6.07 Å². The zero-order valence-electron chi connectivity index (χ0n) is 14.4. The SMILES string of the molecule is Cl.NCCCN1CCc2c([nH]c3ccc(Cl)cc23)C1c1cccc(O)c1. The second kappa shape index (κ2) is 7.89. The summed E-state index contributed by atoms with van der Waals surface area (Å²) in [7, 11) is 0. The molecule has 1 unspecified atom stereocenters. The number of phenolic OH excluding ortho intramolecular Hbond substituents is 1. The van der Waals surface area contributed by atoms with Gasteiger partial charge in [0, 0.05) is 34.7 Å². The molecule has 0 aliphatic carbocycles. The molecule has 138 valence electrons. The molecule has 2 aromatic carbocycles. The summed E-state index contributed by atoms with van der Waals surface area (Å²) in [6, 6.07) is 13.6. The highest BCUT2D eigenvalue weighted by Crippen LogP contribution is 2.39. The first kappa shape index (κ1) is 19.1. The molecule has 1 aromatic heterocycles. The summed E-state index contributed by atoms with van der Waals surface area (Å²) in [6.07, 6.45) is 1.94. The Morgan fingerprint density at radius 3 is 2.85 bits per heavy atom. The van der Waals surface area contributed by atoms with Crippen molar-refractivity contribution in [3.63, 3.8) is 0 Å². The van der Waals surface area contributed by atoms with Gasteiger partial charge in [0.05, 0.1) is 6.04 Å². The van der Waals surface area contributed by atoms with Crippen LogP contribution in [0.2, 0.25) is 5.02 Å². The van der Waals surface area contributed by atoms with Crippen molar-refractivity contribution < 1.29 is 5.11 Å². The van der Waals surface area contributed by atoms with E-state index >= 15 is 0 Å². The third-order valence-corrected chi connectivity index (χ3v) is 5.26. The minimum atomic E-state index is 0. The van der Waals surface area contributed by atoms with Gasteiger partial charge < -0.3 is 15.8 Å². The van der Waals surface area contributed by atoms with E-state index in [2.05, 4.69) is 16.0 Å². The van der Waals surface area contributed by atoms with Gasteiger partial charge in [-0.15, -0.1) is 12.4 Å². The van der Waals surface area contributed by atoms with Gasteiger partial charge in [-0.05, 0) is 60.8 Å². The molecule has 4 N–H and O–H groups in total. The van der Waals surface area contributed by atoms with Gasteiger partial charge in [-0.1, -0.05) is 23.7 Å². The van der Waals surface area contributed by atoms with Crippen LogP contribution in [-0.2, 0) is 6.42 Å². The van der Waals surface area contributed by atoms with E-state index in [9.17, 15) is 5.11 Å². The molecule has 0 amide bonds. The molecule has 4 rings (SSSR count). The van der Waals surface area contributed by atoms with E-state index in [1.807, 2.05) is 30.3 Å². The van der Waals surface area contributed by atoms with Crippen LogP contribution in [-0.4, -0.2) is 34.6 Å². The number of H-pyrrole nitrogens is 1. The van der Waals surface area contributed by atoms with E-state index < -0.39 is 0 Å². The number of phenols is 1. The first-order chi connectivity index (χ1) is 12.2. The Balaban J connectivity index is 0.00000196. The van der Waals surface area contributed by atoms with Crippen LogP contribution in [0.5, 0.6) is 5.75 Å². The van der Waals surface area contributed by atoms with E-state index in [1.165, 1.54) is 16.6 Å². The fraction of sp³-hybridized carbons (Fsp3) is 0.300. The molecule has 2 heterocycles. The average molecular weight is 392 g/mol. The number of rotatable bonds is 4. The van der Waals surface area contributed by atoms with Crippen LogP contribution >= 0.6 is 24.0 Å². The highest BCUT2D eigenvalue weighted by atomic mass is 35.5. The largest absolute Gasteiger partial charge is 0.508 e. The Labute approximate surface area is 164 Å². The van der Waals surface area contributed by atoms with Crippen LogP contribution in [0.3, 0.4) is 0 Å². The minimum Gasteiger partial charge on any atom is -0.508 e. The summed E-state index contributed by atoms with van der Waals surface area (Å²) in [4.78, 5) is 6.05. The highest BCUT2D eigenvalue weighted by molar-refractivity contribution is 6.31. The van der Waals surface area contributed by atoms with Gasteiger partial charge in [0.25, 0.3) is 0 Å². The molecule has 0 fully saturated rings. The second-order valence-electron chi connectivity index (χ2n) is 6.63.